The number of rotatable bonds is 6. The predicted molar refractivity (Wildman–Crippen MR) is 80.2 cm³/mol. The highest BCUT2D eigenvalue weighted by atomic mass is 32.2. The van der Waals surface area contributed by atoms with E-state index in [9.17, 15) is 8.42 Å². The third-order valence-corrected chi connectivity index (χ3v) is 5.61. The van der Waals surface area contributed by atoms with Crippen molar-refractivity contribution in [2.24, 2.45) is 0 Å². The summed E-state index contributed by atoms with van der Waals surface area (Å²) in [6.45, 7) is 11.7. The lowest BCUT2D eigenvalue weighted by Gasteiger charge is -2.21. The molecule has 1 aromatic heterocycles. The van der Waals surface area contributed by atoms with E-state index in [1.807, 2.05) is 27.7 Å². The van der Waals surface area contributed by atoms with Gasteiger partial charge in [-0.3, -0.25) is 0 Å². The number of aryl methyl sites for hydroxylation is 2. The van der Waals surface area contributed by atoms with E-state index < -0.39 is 10.0 Å². The number of sulfonamides is 1. The van der Waals surface area contributed by atoms with Gasteiger partial charge in [-0.1, -0.05) is 13.8 Å². The van der Waals surface area contributed by atoms with Crippen molar-refractivity contribution >= 4 is 10.0 Å². The number of nitrogens with zero attached hydrogens (tertiary/aromatic N) is 1. The molecule has 0 spiro atoms. The van der Waals surface area contributed by atoms with Crippen LogP contribution >= 0.6 is 0 Å². The fourth-order valence-electron chi connectivity index (χ4n) is 1.98. The molecule has 0 aromatic carbocycles. The Labute approximate surface area is 122 Å². The summed E-state index contributed by atoms with van der Waals surface area (Å²) >= 11 is 0. The highest BCUT2D eigenvalue weighted by Gasteiger charge is 2.31. The van der Waals surface area contributed by atoms with Crippen molar-refractivity contribution in [1.82, 2.24) is 9.62 Å². The predicted octanol–water partition coefficient (Wildman–Crippen LogP) is 2.42. The number of furan rings is 1. The van der Waals surface area contributed by atoms with Crippen molar-refractivity contribution in [2.45, 2.75) is 65.1 Å². The van der Waals surface area contributed by atoms with Crippen molar-refractivity contribution in [1.29, 1.82) is 0 Å². The fraction of sp³-hybridized carbons (Fsp3) is 0.714. The van der Waals surface area contributed by atoms with E-state index in [-0.39, 0.29) is 12.1 Å². The third-order valence-electron chi connectivity index (χ3n) is 3.38. The van der Waals surface area contributed by atoms with E-state index in [4.69, 9.17) is 4.42 Å². The summed E-state index contributed by atoms with van der Waals surface area (Å²) < 4.78 is 32.3. The Morgan fingerprint density at radius 3 is 2.15 bits per heavy atom. The standard InChI is InChI=1S/C14H26N2O3S/c1-9(2)15-8-13-11(5)19-12(6)14(13)20(17,18)16(7)10(3)4/h9-10,15H,8H2,1-7H3. The Balaban J connectivity index is 3.30. The molecular weight excluding hydrogens is 276 g/mol. The molecule has 0 fully saturated rings. The Bertz CT molecular complexity index is 559. The summed E-state index contributed by atoms with van der Waals surface area (Å²) in [4.78, 5) is 0.305. The summed E-state index contributed by atoms with van der Waals surface area (Å²) in [5.74, 6) is 1.11. The van der Waals surface area contributed by atoms with E-state index >= 15 is 0 Å². The Kier molecular flexibility index (Phi) is 5.40. The van der Waals surface area contributed by atoms with E-state index in [0.717, 1.165) is 5.56 Å². The second-order valence-corrected chi connectivity index (χ2v) is 7.61. The molecule has 0 amide bonds. The monoisotopic (exact) mass is 302 g/mol. The molecule has 20 heavy (non-hydrogen) atoms. The van der Waals surface area contributed by atoms with Gasteiger partial charge in [-0.15, -0.1) is 0 Å². The molecule has 0 saturated heterocycles. The molecule has 6 heteroatoms. The minimum absolute atomic E-state index is 0.0967. The zero-order valence-electron chi connectivity index (χ0n) is 13.4. The molecule has 0 aliphatic rings. The van der Waals surface area contributed by atoms with Crippen molar-refractivity contribution in [3.63, 3.8) is 0 Å². The molecule has 0 aliphatic heterocycles. The van der Waals surface area contributed by atoms with Crippen molar-refractivity contribution in [3.05, 3.63) is 17.1 Å². The first-order chi connectivity index (χ1) is 9.09. The maximum Gasteiger partial charge on any atom is 0.246 e. The van der Waals surface area contributed by atoms with E-state index in [1.54, 1.807) is 20.9 Å². The van der Waals surface area contributed by atoms with Gasteiger partial charge in [0.15, 0.2) is 0 Å². The van der Waals surface area contributed by atoms with Gasteiger partial charge in [0.25, 0.3) is 0 Å². The highest BCUT2D eigenvalue weighted by Crippen LogP contribution is 2.29. The van der Waals surface area contributed by atoms with Gasteiger partial charge in [0, 0.05) is 31.2 Å². The Hall–Kier alpha value is -0.850. The van der Waals surface area contributed by atoms with E-state index in [2.05, 4.69) is 5.32 Å². The molecule has 1 aromatic rings. The molecule has 0 radical (unpaired) electrons. The van der Waals surface area contributed by atoms with Crippen molar-refractivity contribution in [2.75, 3.05) is 7.05 Å². The van der Waals surface area contributed by atoms with E-state index in [0.29, 0.717) is 23.0 Å². The van der Waals surface area contributed by atoms with Gasteiger partial charge in [-0.2, -0.15) is 4.31 Å². The zero-order valence-corrected chi connectivity index (χ0v) is 14.3. The average molecular weight is 302 g/mol. The molecule has 116 valence electrons. The molecule has 0 unspecified atom stereocenters. The average Bonchev–Trinajstić information content (AvgIpc) is 2.60. The third kappa shape index (κ3) is 3.42. The second-order valence-electron chi connectivity index (χ2n) is 5.67. The Morgan fingerprint density at radius 2 is 1.70 bits per heavy atom. The molecule has 0 bridgehead atoms. The van der Waals surface area contributed by atoms with Gasteiger partial charge in [0.2, 0.25) is 10.0 Å². The minimum atomic E-state index is -3.53. The fourth-order valence-corrected chi connectivity index (χ4v) is 3.76. The molecule has 0 saturated carbocycles. The molecule has 0 aliphatic carbocycles. The summed E-state index contributed by atoms with van der Waals surface area (Å²) in [7, 11) is -1.93. The first-order valence-electron chi connectivity index (χ1n) is 6.89. The molecule has 0 atom stereocenters. The lowest BCUT2D eigenvalue weighted by molar-refractivity contribution is 0.408. The van der Waals surface area contributed by atoms with Gasteiger partial charge < -0.3 is 9.73 Å². The van der Waals surface area contributed by atoms with Crippen LogP contribution in [0.2, 0.25) is 0 Å². The lowest BCUT2D eigenvalue weighted by atomic mass is 10.2. The normalized spacial score (nSPS) is 12.9. The van der Waals surface area contributed by atoms with Gasteiger partial charge in [0.1, 0.15) is 16.4 Å². The summed E-state index contributed by atoms with van der Waals surface area (Å²) in [6.07, 6.45) is 0. The highest BCUT2D eigenvalue weighted by molar-refractivity contribution is 7.89. The van der Waals surface area contributed by atoms with Crippen molar-refractivity contribution in [3.8, 4) is 0 Å². The SMILES string of the molecule is Cc1oc(C)c(S(=O)(=O)N(C)C(C)C)c1CNC(C)C. The van der Waals surface area contributed by atoms with Crippen LogP contribution in [0, 0.1) is 13.8 Å². The summed E-state index contributed by atoms with van der Waals surface area (Å²) in [6, 6.07) is 0.184. The summed E-state index contributed by atoms with van der Waals surface area (Å²) in [5, 5.41) is 3.25. The number of nitrogens with one attached hydrogen (secondary N) is 1. The lowest BCUT2D eigenvalue weighted by Crippen LogP contribution is -2.34. The van der Waals surface area contributed by atoms with Gasteiger partial charge >= 0.3 is 0 Å². The number of hydrogen-bond donors (Lipinski definition) is 1. The van der Waals surface area contributed by atoms with Crippen LogP contribution in [0.4, 0.5) is 0 Å². The zero-order chi connectivity index (χ0) is 15.7. The molecule has 1 N–H and O–H groups in total. The van der Waals surface area contributed by atoms with Crippen LogP contribution in [0.1, 0.15) is 44.8 Å². The van der Waals surface area contributed by atoms with Gasteiger partial charge in [0.05, 0.1) is 0 Å². The van der Waals surface area contributed by atoms with Crippen LogP contribution in [-0.4, -0.2) is 31.9 Å². The van der Waals surface area contributed by atoms with Crippen molar-refractivity contribution < 1.29 is 12.8 Å². The van der Waals surface area contributed by atoms with E-state index in [1.165, 1.54) is 4.31 Å². The largest absolute Gasteiger partial charge is 0.465 e. The molecule has 1 rings (SSSR count). The minimum Gasteiger partial charge on any atom is -0.465 e. The van der Waals surface area contributed by atoms with Gasteiger partial charge in [-0.05, 0) is 27.7 Å². The van der Waals surface area contributed by atoms with Crippen LogP contribution in [0.25, 0.3) is 0 Å². The second kappa shape index (κ2) is 6.28. The molecule has 1 heterocycles. The maximum atomic E-state index is 12.7. The Morgan fingerprint density at radius 1 is 1.15 bits per heavy atom. The molecule has 5 nitrogen and oxygen atoms in total. The van der Waals surface area contributed by atoms with Crippen LogP contribution in [-0.2, 0) is 16.6 Å². The maximum absolute atomic E-state index is 12.7. The quantitative estimate of drug-likeness (QED) is 0.876. The summed E-state index contributed by atoms with van der Waals surface area (Å²) in [5.41, 5.74) is 0.726. The molecular formula is C14H26N2O3S. The van der Waals surface area contributed by atoms with Crippen LogP contribution in [0.15, 0.2) is 9.31 Å². The topological polar surface area (TPSA) is 62.6 Å². The van der Waals surface area contributed by atoms with Crippen LogP contribution in [0.3, 0.4) is 0 Å². The van der Waals surface area contributed by atoms with Crippen LogP contribution in [0.5, 0.6) is 0 Å². The van der Waals surface area contributed by atoms with Gasteiger partial charge in [-0.25, -0.2) is 8.42 Å². The number of hydrogen-bond acceptors (Lipinski definition) is 4. The first-order valence-corrected chi connectivity index (χ1v) is 8.33. The first kappa shape index (κ1) is 17.2. The van der Waals surface area contributed by atoms with Crippen LogP contribution < -0.4 is 5.32 Å². The smallest absolute Gasteiger partial charge is 0.246 e.